The van der Waals surface area contributed by atoms with E-state index in [0.29, 0.717) is 22.4 Å². The zero-order valence-corrected chi connectivity index (χ0v) is 12.2. The van der Waals surface area contributed by atoms with E-state index in [1.54, 1.807) is 31.2 Å². The van der Waals surface area contributed by atoms with Crippen LogP contribution in [0.4, 0.5) is 5.69 Å². The Morgan fingerprint density at radius 3 is 2.38 bits per heavy atom. The molecule has 0 fully saturated rings. The van der Waals surface area contributed by atoms with Crippen LogP contribution in [0.25, 0.3) is 0 Å². The van der Waals surface area contributed by atoms with Crippen LogP contribution in [0, 0.1) is 18.3 Å². The van der Waals surface area contributed by atoms with Crippen molar-refractivity contribution in [3.05, 3.63) is 59.2 Å². The third kappa shape index (κ3) is 3.40. The second-order valence-corrected chi connectivity index (χ2v) is 6.20. The average molecular weight is 302 g/mol. The highest BCUT2D eigenvalue weighted by Crippen LogP contribution is 2.20. The molecule has 0 aliphatic heterocycles. The van der Waals surface area contributed by atoms with Crippen molar-refractivity contribution in [1.29, 1.82) is 5.26 Å². The first-order valence-corrected chi connectivity index (χ1v) is 7.68. The van der Waals surface area contributed by atoms with Gasteiger partial charge in [0, 0.05) is 5.69 Å². The van der Waals surface area contributed by atoms with Crippen LogP contribution in [0.2, 0.25) is 0 Å². The van der Waals surface area contributed by atoms with Crippen LogP contribution in [0.1, 0.15) is 16.7 Å². The monoisotopic (exact) mass is 302 g/mol. The minimum Gasteiger partial charge on any atom is -0.392 e. The maximum Gasteiger partial charge on any atom is 0.262 e. The van der Waals surface area contributed by atoms with E-state index in [4.69, 9.17) is 10.4 Å². The summed E-state index contributed by atoms with van der Waals surface area (Å²) in [6, 6.07) is 12.8. The number of nitrogens with zero attached hydrogens (tertiary/aromatic N) is 1. The number of anilines is 1. The summed E-state index contributed by atoms with van der Waals surface area (Å²) in [5, 5.41) is 17.8. The van der Waals surface area contributed by atoms with Crippen molar-refractivity contribution < 1.29 is 13.5 Å². The molecule has 2 aromatic rings. The summed E-state index contributed by atoms with van der Waals surface area (Å²) in [4.78, 5) is 0.132. The Morgan fingerprint density at radius 2 is 1.86 bits per heavy atom. The zero-order chi connectivity index (χ0) is 15.5. The standard InChI is InChI=1S/C15H14N2O3S/c1-11-8-13(9-16)4-7-15(11)21(19,20)17-14-5-2-12(10-18)3-6-14/h2-8,17-18H,10H2,1H3. The molecule has 0 aliphatic carbocycles. The van der Waals surface area contributed by atoms with Gasteiger partial charge in [0.1, 0.15) is 0 Å². The normalized spacial score (nSPS) is 10.9. The summed E-state index contributed by atoms with van der Waals surface area (Å²) in [5.41, 5.74) is 2.04. The summed E-state index contributed by atoms with van der Waals surface area (Å²) >= 11 is 0. The number of nitriles is 1. The number of hydrogen-bond donors (Lipinski definition) is 2. The van der Waals surface area contributed by atoms with Crippen LogP contribution >= 0.6 is 0 Å². The van der Waals surface area contributed by atoms with Crippen molar-refractivity contribution in [3.8, 4) is 6.07 Å². The highest BCUT2D eigenvalue weighted by atomic mass is 32.2. The SMILES string of the molecule is Cc1cc(C#N)ccc1S(=O)(=O)Nc1ccc(CO)cc1. The smallest absolute Gasteiger partial charge is 0.262 e. The van der Waals surface area contributed by atoms with Crippen molar-refractivity contribution in [2.75, 3.05) is 4.72 Å². The summed E-state index contributed by atoms with van der Waals surface area (Å²) in [6.07, 6.45) is 0. The highest BCUT2D eigenvalue weighted by Gasteiger charge is 2.17. The maximum absolute atomic E-state index is 12.3. The summed E-state index contributed by atoms with van der Waals surface area (Å²) in [6.45, 7) is 1.55. The van der Waals surface area contributed by atoms with Gasteiger partial charge in [-0.1, -0.05) is 12.1 Å². The van der Waals surface area contributed by atoms with Gasteiger partial charge in [-0.25, -0.2) is 8.42 Å². The first-order chi connectivity index (χ1) is 9.96. The maximum atomic E-state index is 12.3. The molecular weight excluding hydrogens is 288 g/mol. The number of sulfonamides is 1. The number of aliphatic hydroxyl groups excluding tert-OH is 1. The van der Waals surface area contributed by atoms with Gasteiger partial charge in [-0.2, -0.15) is 5.26 Å². The number of hydrogen-bond acceptors (Lipinski definition) is 4. The Balaban J connectivity index is 2.31. The Bertz CT molecular complexity index is 791. The molecular formula is C15H14N2O3S. The fraction of sp³-hybridized carbons (Fsp3) is 0.133. The second kappa shape index (κ2) is 5.95. The van der Waals surface area contributed by atoms with Gasteiger partial charge in [0.2, 0.25) is 0 Å². The number of aliphatic hydroxyl groups is 1. The van der Waals surface area contributed by atoms with E-state index in [9.17, 15) is 8.42 Å². The van der Waals surface area contributed by atoms with Crippen LogP contribution in [0.5, 0.6) is 0 Å². The molecule has 2 rings (SSSR count). The zero-order valence-electron chi connectivity index (χ0n) is 11.4. The molecule has 5 nitrogen and oxygen atoms in total. The van der Waals surface area contributed by atoms with Gasteiger partial charge in [0.05, 0.1) is 23.1 Å². The Hall–Kier alpha value is -2.36. The van der Waals surface area contributed by atoms with Crippen LogP contribution in [0.3, 0.4) is 0 Å². The van der Waals surface area contributed by atoms with Crippen LogP contribution < -0.4 is 4.72 Å². The van der Waals surface area contributed by atoms with Gasteiger partial charge in [0.15, 0.2) is 0 Å². The second-order valence-electron chi connectivity index (χ2n) is 4.55. The Labute approximate surface area is 123 Å². The Kier molecular flexibility index (Phi) is 4.26. The quantitative estimate of drug-likeness (QED) is 0.905. The van der Waals surface area contributed by atoms with Gasteiger partial charge in [-0.15, -0.1) is 0 Å². The van der Waals surface area contributed by atoms with E-state index in [1.807, 2.05) is 6.07 Å². The van der Waals surface area contributed by atoms with Gasteiger partial charge in [-0.05, 0) is 48.4 Å². The molecule has 108 valence electrons. The van der Waals surface area contributed by atoms with E-state index >= 15 is 0 Å². The van der Waals surface area contributed by atoms with Crippen molar-refractivity contribution in [2.45, 2.75) is 18.4 Å². The molecule has 0 aliphatic rings. The topological polar surface area (TPSA) is 90.2 Å². The van der Waals surface area contributed by atoms with E-state index in [2.05, 4.69) is 4.72 Å². The molecule has 0 bridgehead atoms. The van der Waals surface area contributed by atoms with Gasteiger partial charge in [0.25, 0.3) is 10.0 Å². The molecule has 2 N–H and O–H groups in total. The van der Waals surface area contributed by atoms with Crippen LogP contribution in [0.15, 0.2) is 47.4 Å². The molecule has 0 saturated heterocycles. The number of aryl methyl sites for hydroxylation is 1. The highest BCUT2D eigenvalue weighted by molar-refractivity contribution is 7.92. The largest absolute Gasteiger partial charge is 0.392 e. The number of rotatable bonds is 4. The van der Waals surface area contributed by atoms with Gasteiger partial charge < -0.3 is 5.11 Å². The number of nitrogens with one attached hydrogen (secondary N) is 1. The van der Waals surface area contributed by atoms with Crippen LogP contribution in [-0.2, 0) is 16.6 Å². The van der Waals surface area contributed by atoms with E-state index in [-0.39, 0.29) is 11.5 Å². The molecule has 0 radical (unpaired) electrons. The molecule has 2 aromatic carbocycles. The molecule has 0 amide bonds. The van der Waals surface area contributed by atoms with Crippen LogP contribution in [-0.4, -0.2) is 13.5 Å². The first-order valence-electron chi connectivity index (χ1n) is 6.19. The first kappa shape index (κ1) is 15.0. The molecule has 0 saturated carbocycles. The summed E-state index contributed by atoms with van der Waals surface area (Å²) in [5.74, 6) is 0. The van der Waals surface area contributed by atoms with Gasteiger partial charge in [-0.3, -0.25) is 4.72 Å². The number of benzene rings is 2. The average Bonchev–Trinajstić information content (AvgIpc) is 2.47. The van der Waals surface area contributed by atoms with E-state index in [0.717, 1.165) is 0 Å². The molecule has 0 heterocycles. The lowest BCUT2D eigenvalue weighted by Crippen LogP contribution is -2.14. The fourth-order valence-corrected chi connectivity index (χ4v) is 3.20. The molecule has 6 heteroatoms. The minimum atomic E-state index is -3.71. The lowest BCUT2D eigenvalue weighted by atomic mass is 10.2. The minimum absolute atomic E-state index is 0.0955. The fourth-order valence-electron chi connectivity index (χ4n) is 1.91. The molecule has 0 atom stereocenters. The Morgan fingerprint density at radius 1 is 1.19 bits per heavy atom. The predicted molar refractivity (Wildman–Crippen MR) is 79.1 cm³/mol. The summed E-state index contributed by atoms with van der Waals surface area (Å²) < 4.78 is 27.1. The molecule has 0 unspecified atom stereocenters. The molecule has 0 spiro atoms. The van der Waals surface area contributed by atoms with Crippen molar-refractivity contribution >= 4 is 15.7 Å². The van der Waals surface area contributed by atoms with E-state index in [1.165, 1.54) is 18.2 Å². The molecule has 0 aromatic heterocycles. The van der Waals surface area contributed by atoms with Crippen molar-refractivity contribution in [1.82, 2.24) is 0 Å². The van der Waals surface area contributed by atoms with Crippen molar-refractivity contribution in [3.63, 3.8) is 0 Å². The van der Waals surface area contributed by atoms with Gasteiger partial charge >= 0.3 is 0 Å². The lowest BCUT2D eigenvalue weighted by molar-refractivity contribution is 0.282. The van der Waals surface area contributed by atoms with E-state index < -0.39 is 10.0 Å². The summed E-state index contributed by atoms with van der Waals surface area (Å²) in [7, 11) is -3.71. The predicted octanol–water partition coefficient (Wildman–Crippen LogP) is 2.16. The molecule has 21 heavy (non-hydrogen) atoms. The third-order valence-corrected chi connectivity index (χ3v) is 4.52. The van der Waals surface area contributed by atoms with Crippen molar-refractivity contribution in [2.24, 2.45) is 0 Å². The lowest BCUT2D eigenvalue weighted by Gasteiger charge is -2.11. The third-order valence-electron chi connectivity index (χ3n) is 2.98.